The minimum atomic E-state index is -3.96. The van der Waals surface area contributed by atoms with E-state index >= 15 is 0 Å². The van der Waals surface area contributed by atoms with E-state index in [0.29, 0.717) is 0 Å². The maximum atomic E-state index is 12.9. The first-order chi connectivity index (χ1) is 15.5. The van der Waals surface area contributed by atoms with Gasteiger partial charge in [-0.3, -0.25) is 9.59 Å². The highest BCUT2D eigenvalue weighted by Gasteiger charge is 2.52. The fourth-order valence-electron chi connectivity index (χ4n) is 1.91. The first kappa shape index (κ1) is 9.17. The molecule has 0 radical (unpaired) electrons. The Morgan fingerprint density at radius 1 is 1.33 bits per heavy atom. The zero-order valence-electron chi connectivity index (χ0n) is 24.8. The average molecular weight is 354 g/mol. The largest absolute Gasteiger partial charge is 0.464 e. The maximum Gasteiger partial charge on any atom is 0.338 e. The summed E-state index contributed by atoms with van der Waals surface area (Å²) in [5.74, 6) is -7.20. The number of amides is 2. The van der Waals surface area contributed by atoms with Crippen LogP contribution in [0.1, 0.15) is 62.3 Å². The fraction of sp³-hybridized carbons (Fsp3) is 0.824. The van der Waals surface area contributed by atoms with Crippen molar-refractivity contribution in [3.63, 3.8) is 0 Å². The zero-order valence-corrected chi connectivity index (χ0v) is 13.8. The lowest BCUT2D eigenvalue weighted by Crippen LogP contribution is -2.49. The Labute approximate surface area is 159 Å². The molecule has 7 nitrogen and oxygen atoms in total. The van der Waals surface area contributed by atoms with Gasteiger partial charge in [-0.2, -0.15) is 0 Å². The summed E-state index contributed by atoms with van der Waals surface area (Å²) in [6, 6.07) is -1.49. The molecule has 1 aliphatic heterocycles. The lowest BCUT2D eigenvalue weighted by molar-refractivity contribution is -0.144. The highest BCUT2D eigenvalue weighted by molar-refractivity contribution is 5.95. The summed E-state index contributed by atoms with van der Waals surface area (Å²) in [7, 11) is 0. The number of hydrogen-bond donors (Lipinski definition) is 2. The van der Waals surface area contributed by atoms with Gasteiger partial charge in [0.25, 0.3) is 5.91 Å². The number of hydrogen-bond acceptors (Lipinski definition) is 5. The predicted molar refractivity (Wildman–Crippen MR) is 89.1 cm³/mol. The van der Waals surface area contributed by atoms with E-state index in [-0.39, 0.29) is 18.9 Å². The second-order valence-corrected chi connectivity index (χ2v) is 5.53. The summed E-state index contributed by atoms with van der Waals surface area (Å²) < 4.78 is 94.3. The van der Waals surface area contributed by atoms with Gasteiger partial charge in [-0.05, 0) is 31.5 Å². The van der Waals surface area contributed by atoms with E-state index in [1.54, 1.807) is 26.1 Å². The van der Waals surface area contributed by atoms with Crippen molar-refractivity contribution in [2.24, 2.45) is 11.8 Å². The monoisotopic (exact) mass is 353 g/mol. The van der Waals surface area contributed by atoms with Crippen LogP contribution < -0.4 is 10.6 Å². The third kappa shape index (κ3) is 6.86. The minimum absolute atomic E-state index is 0.0481. The van der Waals surface area contributed by atoms with Crippen LogP contribution in [-0.4, -0.2) is 49.1 Å². The molecule has 1 saturated heterocycles. The summed E-state index contributed by atoms with van der Waals surface area (Å²) in [5.41, 5.74) is 0. The number of rotatable bonds is 10. The molecule has 1 rings (SSSR count). The van der Waals surface area contributed by atoms with Crippen LogP contribution in [-0.2, 0) is 23.9 Å². The number of ether oxygens (including phenoxy) is 2. The van der Waals surface area contributed by atoms with Crippen molar-refractivity contribution in [3.8, 4) is 0 Å². The Morgan fingerprint density at radius 2 is 2.04 bits per heavy atom. The number of nitrogens with one attached hydrogen (secondary N) is 2. The number of esters is 1. The lowest BCUT2D eigenvalue weighted by atomic mass is 10.0. The molecule has 3 atom stereocenters. The average Bonchev–Trinajstić information content (AvgIpc) is 3.45. The molecule has 0 aromatic rings. The third-order valence-corrected chi connectivity index (χ3v) is 2.98. The van der Waals surface area contributed by atoms with Crippen molar-refractivity contribution in [3.05, 3.63) is 0 Å². The van der Waals surface area contributed by atoms with Crippen LogP contribution in [0.4, 0.5) is 0 Å². The van der Waals surface area contributed by atoms with Gasteiger partial charge in [0.2, 0.25) is 5.91 Å². The van der Waals surface area contributed by atoms with Crippen LogP contribution in [0.2, 0.25) is 0 Å². The molecular formula is C17H30N2O5. The first-order valence-electron chi connectivity index (χ1n) is 13.0. The number of epoxide rings is 1. The normalized spacial score (nSPS) is 30.1. The Balaban J connectivity index is 3.16. The van der Waals surface area contributed by atoms with Crippen LogP contribution in [0.25, 0.3) is 0 Å². The van der Waals surface area contributed by atoms with E-state index in [1.807, 2.05) is 0 Å². The lowest BCUT2D eigenvalue weighted by Gasteiger charge is -2.20. The van der Waals surface area contributed by atoms with Crippen LogP contribution in [0.15, 0.2) is 0 Å². The SMILES string of the molecule is [2H]C([2H])([2H])C([2H])(C([2H])([2H])[2H])C([2H])([2H])C([2H])([2H])NC(=O)[C@H](CC(C)C)NC(=O)[C@H]1O[C@@H]1C(=O)OCC. The minimum Gasteiger partial charge on any atom is -0.464 e. The zero-order chi connectivity index (χ0) is 27.8. The number of carbonyl (C=O) groups is 3. The van der Waals surface area contributed by atoms with Crippen molar-refractivity contribution < 1.29 is 38.9 Å². The molecule has 0 aliphatic carbocycles. The third-order valence-electron chi connectivity index (χ3n) is 2.98. The van der Waals surface area contributed by atoms with Crippen molar-refractivity contribution in [1.82, 2.24) is 10.6 Å². The van der Waals surface area contributed by atoms with Gasteiger partial charge in [0.05, 0.1) is 6.61 Å². The van der Waals surface area contributed by atoms with E-state index in [4.69, 9.17) is 24.6 Å². The quantitative estimate of drug-likeness (QED) is 0.451. The van der Waals surface area contributed by atoms with Crippen LogP contribution in [0, 0.1) is 11.8 Å². The Bertz CT molecular complexity index is 799. The summed E-state index contributed by atoms with van der Waals surface area (Å²) >= 11 is 0. The van der Waals surface area contributed by atoms with E-state index in [1.165, 1.54) is 0 Å². The molecule has 1 heterocycles. The van der Waals surface area contributed by atoms with Crippen LogP contribution >= 0.6 is 0 Å². The molecule has 24 heavy (non-hydrogen) atoms. The molecule has 2 N–H and O–H groups in total. The van der Waals surface area contributed by atoms with E-state index in [9.17, 15) is 14.4 Å². The van der Waals surface area contributed by atoms with Crippen molar-refractivity contribution in [2.75, 3.05) is 13.1 Å². The molecule has 1 fully saturated rings. The van der Waals surface area contributed by atoms with Crippen LogP contribution in [0.5, 0.6) is 0 Å². The molecule has 0 bridgehead atoms. The van der Waals surface area contributed by atoms with Gasteiger partial charge in [0.15, 0.2) is 12.2 Å². The van der Waals surface area contributed by atoms with Gasteiger partial charge in [-0.15, -0.1) is 0 Å². The molecule has 1 aliphatic rings. The summed E-state index contributed by atoms with van der Waals surface area (Å²) in [6.45, 7) is -6.37. The second-order valence-electron chi connectivity index (χ2n) is 5.53. The highest BCUT2D eigenvalue weighted by Crippen LogP contribution is 2.24. The molecule has 0 saturated carbocycles. The fourth-order valence-corrected chi connectivity index (χ4v) is 1.91. The molecule has 7 heteroatoms. The van der Waals surface area contributed by atoms with Crippen molar-refractivity contribution in [1.29, 1.82) is 0 Å². The van der Waals surface area contributed by atoms with E-state index in [0.717, 1.165) is 0 Å². The summed E-state index contributed by atoms with van der Waals surface area (Å²) in [6.07, 6.45) is -6.47. The van der Waals surface area contributed by atoms with Crippen molar-refractivity contribution >= 4 is 17.8 Å². The van der Waals surface area contributed by atoms with Gasteiger partial charge in [0, 0.05) is 21.6 Å². The molecule has 0 unspecified atom stereocenters. The van der Waals surface area contributed by atoms with Gasteiger partial charge >= 0.3 is 5.97 Å². The number of carbonyl (C=O) groups excluding carboxylic acids is 3. The molecular weight excluding hydrogens is 312 g/mol. The first-order valence-corrected chi connectivity index (χ1v) is 7.49. The molecule has 0 aromatic carbocycles. The van der Waals surface area contributed by atoms with Gasteiger partial charge in [0.1, 0.15) is 6.04 Å². The van der Waals surface area contributed by atoms with E-state index in [2.05, 4.69) is 5.32 Å². The van der Waals surface area contributed by atoms with Gasteiger partial charge in [-0.25, -0.2) is 4.79 Å². The Morgan fingerprint density at radius 3 is 2.62 bits per heavy atom. The Hall–Kier alpha value is -1.63. The highest BCUT2D eigenvalue weighted by atomic mass is 16.6. The molecule has 0 spiro atoms. The van der Waals surface area contributed by atoms with Gasteiger partial charge < -0.3 is 20.1 Å². The maximum absolute atomic E-state index is 12.9. The molecule has 138 valence electrons. The summed E-state index contributed by atoms with van der Waals surface area (Å²) in [4.78, 5) is 37.0. The molecule has 0 aromatic heterocycles. The topological polar surface area (TPSA) is 97.0 Å². The molecule has 2 amide bonds. The predicted octanol–water partition coefficient (Wildman–Crippen LogP) is 1.01. The standard InChI is InChI=1S/C17H30N2O5/c1-6-23-17(22)14-13(24-14)16(21)19-12(9-11(4)5)15(20)18-8-7-10(2)3/h10-14H,6-9H2,1-5H3,(H,18,20)(H,19,21)/t12-,13-,14-/m0/s1/i2D3,3D3,7D2,8D2,10D. The van der Waals surface area contributed by atoms with Gasteiger partial charge in [-0.1, -0.05) is 27.6 Å². The van der Waals surface area contributed by atoms with E-state index < -0.39 is 68.5 Å². The smallest absolute Gasteiger partial charge is 0.338 e. The Kier molecular flexibility index (Phi) is 3.67. The van der Waals surface area contributed by atoms with Crippen molar-refractivity contribution in [2.45, 2.75) is 65.5 Å². The van der Waals surface area contributed by atoms with Crippen LogP contribution in [0.3, 0.4) is 0 Å². The summed E-state index contributed by atoms with van der Waals surface area (Å²) in [5, 5.41) is 3.89. The second kappa shape index (κ2) is 9.61.